The fraction of sp³-hybridized carbons (Fsp3) is 0.231. The van der Waals surface area contributed by atoms with E-state index in [2.05, 4.69) is 15.6 Å². The number of aromatic nitrogens is 1. The van der Waals surface area contributed by atoms with Gasteiger partial charge in [-0.15, -0.1) is 0 Å². The van der Waals surface area contributed by atoms with Crippen LogP contribution >= 0.6 is 11.3 Å². The molecule has 1 aromatic carbocycles. The van der Waals surface area contributed by atoms with Gasteiger partial charge in [-0.3, -0.25) is 4.79 Å². The number of hydrogen-bond acceptors (Lipinski definition) is 4. The van der Waals surface area contributed by atoms with Gasteiger partial charge in [-0.1, -0.05) is 29.5 Å². The smallest absolute Gasteiger partial charge is 0.226 e. The molecule has 2 N–H and O–H groups in total. The van der Waals surface area contributed by atoms with Gasteiger partial charge in [0.1, 0.15) is 11.6 Å². The number of anilines is 2. The largest absolute Gasteiger partial charge is 0.365 e. The Kier molecular flexibility index (Phi) is 2.94. The first kappa shape index (κ1) is 12.1. The first-order valence-corrected chi connectivity index (χ1v) is 6.73. The summed E-state index contributed by atoms with van der Waals surface area (Å²) >= 11 is 1.45. The summed E-state index contributed by atoms with van der Waals surface area (Å²) in [6.07, 6.45) is 0.249. The lowest BCUT2D eigenvalue weighted by Gasteiger charge is -2.21. The Morgan fingerprint density at radius 3 is 3.00 bits per heavy atom. The SMILES string of the molecule is CNc1nc2c(s1)[C@@H](c1ccccc1F)CC(=O)N2. The number of benzene rings is 1. The fourth-order valence-corrected chi connectivity index (χ4v) is 3.23. The predicted octanol–water partition coefficient (Wildman–Crippen LogP) is 2.80. The fourth-order valence-electron chi connectivity index (χ4n) is 2.23. The summed E-state index contributed by atoms with van der Waals surface area (Å²) in [7, 11) is 1.77. The lowest BCUT2D eigenvalue weighted by atomic mass is 9.91. The molecule has 3 rings (SSSR count). The Bertz CT molecular complexity index is 641. The highest BCUT2D eigenvalue weighted by Gasteiger charge is 2.31. The maximum atomic E-state index is 13.9. The first-order valence-electron chi connectivity index (χ1n) is 5.92. The molecule has 6 heteroatoms. The molecule has 0 bridgehead atoms. The summed E-state index contributed by atoms with van der Waals surface area (Å²) in [6.45, 7) is 0. The molecule has 1 aliphatic rings. The lowest BCUT2D eigenvalue weighted by Crippen LogP contribution is -2.23. The van der Waals surface area contributed by atoms with E-state index in [1.165, 1.54) is 17.4 Å². The van der Waals surface area contributed by atoms with Gasteiger partial charge in [0.15, 0.2) is 5.13 Å². The van der Waals surface area contributed by atoms with Crippen LogP contribution < -0.4 is 10.6 Å². The first-order chi connectivity index (χ1) is 9.19. The van der Waals surface area contributed by atoms with E-state index in [4.69, 9.17) is 0 Å². The highest BCUT2D eigenvalue weighted by Crippen LogP contribution is 2.42. The molecule has 2 aromatic rings. The average molecular weight is 277 g/mol. The van der Waals surface area contributed by atoms with Crippen molar-refractivity contribution in [3.8, 4) is 0 Å². The summed E-state index contributed by atoms with van der Waals surface area (Å²) in [4.78, 5) is 16.9. The molecule has 0 saturated carbocycles. The normalized spacial score (nSPS) is 17.8. The molecule has 98 valence electrons. The molecular formula is C13H12FN3OS. The van der Waals surface area contributed by atoms with Crippen molar-refractivity contribution in [1.29, 1.82) is 0 Å². The zero-order chi connectivity index (χ0) is 13.4. The molecule has 0 radical (unpaired) electrons. The third-order valence-corrected chi connectivity index (χ3v) is 4.30. The highest BCUT2D eigenvalue weighted by atomic mass is 32.1. The monoisotopic (exact) mass is 277 g/mol. The molecule has 1 amide bonds. The van der Waals surface area contributed by atoms with Crippen LogP contribution in [0.1, 0.15) is 22.8 Å². The van der Waals surface area contributed by atoms with Crippen molar-refractivity contribution in [2.24, 2.45) is 0 Å². The van der Waals surface area contributed by atoms with Crippen LogP contribution in [0.15, 0.2) is 24.3 Å². The van der Waals surface area contributed by atoms with Gasteiger partial charge in [0.05, 0.1) is 4.88 Å². The summed E-state index contributed by atoms with van der Waals surface area (Å²) in [5, 5.41) is 6.40. The summed E-state index contributed by atoms with van der Waals surface area (Å²) in [5.74, 6) is -0.135. The number of nitrogens with zero attached hydrogens (tertiary/aromatic N) is 1. The standard InChI is InChI=1S/C13H12FN3OS/c1-15-13-17-12-11(19-13)8(6-10(18)16-12)7-4-2-3-5-9(7)14/h2-5,8H,6H2,1H3,(H,15,17)(H,16,18)/t8-/m1/s1. The molecule has 0 saturated heterocycles. The minimum absolute atomic E-state index is 0.131. The number of amides is 1. The number of rotatable bonds is 2. The van der Waals surface area contributed by atoms with Crippen molar-refractivity contribution in [1.82, 2.24) is 4.98 Å². The van der Waals surface area contributed by atoms with Gasteiger partial charge in [0, 0.05) is 19.4 Å². The molecule has 0 spiro atoms. The van der Waals surface area contributed by atoms with Gasteiger partial charge in [-0.05, 0) is 11.6 Å². The van der Waals surface area contributed by atoms with Crippen molar-refractivity contribution >= 4 is 28.2 Å². The van der Waals surface area contributed by atoms with E-state index in [0.717, 1.165) is 4.88 Å². The Hall–Kier alpha value is -1.95. The maximum Gasteiger partial charge on any atom is 0.226 e. The zero-order valence-electron chi connectivity index (χ0n) is 10.2. The van der Waals surface area contributed by atoms with Gasteiger partial charge in [0.25, 0.3) is 0 Å². The lowest BCUT2D eigenvalue weighted by molar-refractivity contribution is -0.116. The zero-order valence-corrected chi connectivity index (χ0v) is 11.1. The van der Waals surface area contributed by atoms with E-state index < -0.39 is 0 Å². The molecule has 4 nitrogen and oxygen atoms in total. The predicted molar refractivity (Wildman–Crippen MR) is 73.2 cm³/mol. The number of fused-ring (bicyclic) bond motifs is 1. The quantitative estimate of drug-likeness (QED) is 0.887. The second-order valence-corrected chi connectivity index (χ2v) is 5.34. The van der Waals surface area contributed by atoms with Crippen LogP contribution in [-0.2, 0) is 4.79 Å². The number of nitrogens with one attached hydrogen (secondary N) is 2. The van der Waals surface area contributed by atoms with Crippen LogP contribution in [0.5, 0.6) is 0 Å². The van der Waals surface area contributed by atoms with Crippen LogP contribution in [0.25, 0.3) is 0 Å². The number of thiazole rings is 1. The van der Waals surface area contributed by atoms with Gasteiger partial charge in [-0.2, -0.15) is 0 Å². The molecule has 0 aliphatic carbocycles. The van der Waals surface area contributed by atoms with Crippen LogP contribution in [0.2, 0.25) is 0 Å². The topological polar surface area (TPSA) is 54.0 Å². The minimum atomic E-state index is -0.285. The van der Waals surface area contributed by atoms with E-state index in [0.29, 0.717) is 16.5 Å². The van der Waals surface area contributed by atoms with Crippen LogP contribution in [-0.4, -0.2) is 17.9 Å². The van der Waals surface area contributed by atoms with Crippen molar-refractivity contribution in [3.05, 3.63) is 40.5 Å². The van der Waals surface area contributed by atoms with Gasteiger partial charge in [0.2, 0.25) is 5.91 Å². The van der Waals surface area contributed by atoms with Crippen molar-refractivity contribution < 1.29 is 9.18 Å². The Morgan fingerprint density at radius 2 is 2.26 bits per heavy atom. The minimum Gasteiger partial charge on any atom is -0.365 e. The molecule has 0 unspecified atom stereocenters. The summed E-state index contributed by atoms with van der Waals surface area (Å²) < 4.78 is 13.9. The van der Waals surface area contributed by atoms with E-state index in [1.54, 1.807) is 25.2 Å². The van der Waals surface area contributed by atoms with E-state index in [1.807, 2.05) is 0 Å². The molecule has 1 atom stereocenters. The van der Waals surface area contributed by atoms with Crippen molar-refractivity contribution in [3.63, 3.8) is 0 Å². The van der Waals surface area contributed by atoms with Crippen LogP contribution in [0.3, 0.4) is 0 Å². The third-order valence-electron chi connectivity index (χ3n) is 3.11. The number of carbonyl (C=O) groups is 1. The van der Waals surface area contributed by atoms with Crippen molar-refractivity contribution in [2.75, 3.05) is 17.7 Å². The van der Waals surface area contributed by atoms with E-state index in [9.17, 15) is 9.18 Å². The molecule has 1 aromatic heterocycles. The molecular weight excluding hydrogens is 265 g/mol. The molecule has 19 heavy (non-hydrogen) atoms. The van der Waals surface area contributed by atoms with Crippen molar-refractivity contribution in [2.45, 2.75) is 12.3 Å². The van der Waals surface area contributed by atoms with Crippen LogP contribution in [0, 0.1) is 5.82 Å². The number of halogens is 1. The number of carbonyl (C=O) groups excluding carboxylic acids is 1. The molecule has 2 heterocycles. The second kappa shape index (κ2) is 4.62. The highest BCUT2D eigenvalue weighted by molar-refractivity contribution is 7.16. The summed E-state index contributed by atoms with van der Waals surface area (Å²) in [6, 6.07) is 6.57. The Balaban J connectivity index is 2.10. The second-order valence-electron chi connectivity index (χ2n) is 4.31. The van der Waals surface area contributed by atoms with Crippen LogP contribution in [0.4, 0.5) is 15.3 Å². The Labute approximate surface area is 113 Å². The third kappa shape index (κ3) is 2.08. The molecule has 1 aliphatic heterocycles. The average Bonchev–Trinajstić information content (AvgIpc) is 2.81. The van der Waals surface area contributed by atoms with Gasteiger partial charge < -0.3 is 10.6 Å². The maximum absolute atomic E-state index is 13.9. The summed E-state index contributed by atoms with van der Waals surface area (Å²) in [5.41, 5.74) is 0.546. The van der Waals surface area contributed by atoms with E-state index >= 15 is 0 Å². The molecule has 0 fully saturated rings. The number of hydrogen-bond donors (Lipinski definition) is 2. The van der Waals surface area contributed by atoms with E-state index in [-0.39, 0.29) is 24.1 Å². The van der Waals surface area contributed by atoms with Gasteiger partial charge in [-0.25, -0.2) is 9.37 Å². The van der Waals surface area contributed by atoms with Gasteiger partial charge >= 0.3 is 0 Å². The Morgan fingerprint density at radius 1 is 1.47 bits per heavy atom.